The van der Waals surface area contributed by atoms with Crippen LogP contribution in [0.25, 0.3) is 0 Å². The highest BCUT2D eigenvalue weighted by atomic mass is 16.5. The maximum Gasteiger partial charge on any atom is 0.0913 e. The molecule has 0 fully saturated rings. The van der Waals surface area contributed by atoms with Crippen LogP contribution in [0.2, 0.25) is 0 Å². The van der Waals surface area contributed by atoms with Gasteiger partial charge in [-0.15, -0.1) is 0 Å². The number of ether oxygens (including phenoxy) is 2. The number of methoxy groups -OCH3 is 2. The Labute approximate surface area is 69.2 Å². The average molecular weight is 158 g/mol. The summed E-state index contributed by atoms with van der Waals surface area (Å²) in [5.74, 6) is 0.899. The molecule has 0 spiro atoms. The van der Waals surface area contributed by atoms with Crippen molar-refractivity contribution < 1.29 is 9.47 Å². The fraction of sp³-hybridized carbons (Fsp3) is 0.778. The Hall–Kier alpha value is -0.500. The summed E-state index contributed by atoms with van der Waals surface area (Å²) in [6, 6.07) is 0. The number of rotatable bonds is 4. The van der Waals surface area contributed by atoms with Crippen molar-refractivity contribution in [3.63, 3.8) is 0 Å². The number of hydrogen-bond acceptors (Lipinski definition) is 2. The molecule has 0 rings (SSSR count). The lowest BCUT2D eigenvalue weighted by molar-refractivity contribution is 0.0420. The van der Waals surface area contributed by atoms with E-state index in [1.165, 1.54) is 0 Å². The molecule has 0 aromatic rings. The number of allylic oxidation sites excluding steroid dienone is 1. The zero-order valence-electron chi connectivity index (χ0n) is 8.10. The van der Waals surface area contributed by atoms with E-state index in [1.54, 1.807) is 14.2 Å². The van der Waals surface area contributed by atoms with Crippen molar-refractivity contribution in [3.8, 4) is 0 Å². The van der Waals surface area contributed by atoms with E-state index in [0.717, 1.165) is 12.2 Å². The van der Waals surface area contributed by atoms with Crippen molar-refractivity contribution in [1.82, 2.24) is 0 Å². The van der Waals surface area contributed by atoms with Crippen LogP contribution in [0, 0.1) is 0 Å². The van der Waals surface area contributed by atoms with Crippen LogP contribution in [0.4, 0.5) is 0 Å². The molecule has 1 atom stereocenters. The van der Waals surface area contributed by atoms with Gasteiger partial charge in [0.05, 0.1) is 18.5 Å². The van der Waals surface area contributed by atoms with Gasteiger partial charge in [-0.3, -0.25) is 0 Å². The molecule has 1 unspecified atom stereocenters. The fourth-order valence-electron chi connectivity index (χ4n) is 0.794. The van der Waals surface area contributed by atoms with E-state index in [-0.39, 0.29) is 5.60 Å². The highest BCUT2D eigenvalue weighted by Crippen LogP contribution is 2.17. The molecule has 0 saturated carbocycles. The molecular formula is C9H18O2. The van der Waals surface area contributed by atoms with E-state index < -0.39 is 0 Å². The van der Waals surface area contributed by atoms with Crippen LogP contribution in [-0.2, 0) is 9.47 Å². The highest BCUT2D eigenvalue weighted by Gasteiger charge is 2.17. The normalized spacial score (nSPS) is 17.7. The lowest BCUT2D eigenvalue weighted by atomic mass is 10.0. The summed E-state index contributed by atoms with van der Waals surface area (Å²) in [4.78, 5) is 0. The van der Waals surface area contributed by atoms with Gasteiger partial charge in [0, 0.05) is 7.11 Å². The predicted molar refractivity (Wildman–Crippen MR) is 46.5 cm³/mol. The molecule has 0 aliphatic carbocycles. The lowest BCUT2D eigenvalue weighted by Crippen LogP contribution is -2.23. The van der Waals surface area contributed by atoms with Crippen molar-refractivity contribution in [2.45, 2.75) is 32.8 Å². The minimum atomic E-state index is -0.180. The van der Waals surface area contributed by atoms with Crippen LogP contribution in [0.1, 0.15) is 27.2 Å². The average Bonchev–Trinajstić information content (AvgIpc) is 2.04. The van der Waals surface area contributed by atoms with E-state index in [0.29, 0.717) is 0 Å². The smallest absolute Gasteiger partial charge is 0.0913 e. The predicted octanol–water partition coefficient (Wildman–Crippen LogP) is 2.35. The van der Waals surface area contributed by atoms with Crippen molar-refractivity contribution in [2.75, 3.05) is 14.2 Å². The summed E-state index contributed by atoms with van der Waals surface area (Å²) in [6.07, 6.45) is 2.94. The molecule has 0 saturated heterocycles. The summed E-state index contributed by atoms with van der Waals surface area (Å²) in [6.45, 7) is 6.05. The van der Waals surface area contributed by atoms with Gasteiger partial charge >= 0.3 is 0 Å². The van der Waals surface area contributed by atoms with Crippen LogP contribution in [0.15, 0.2) is 11.8 Å². The van der Waals surface area contributed by atoms with E-state index in [2.05, 4.69) is 6.92 Å². The van der Waals surface area contributed by atoms with E-state index >= 15 is 0 Å². The first kappa shape index (κ1) is 10.5. The molecule has 66 valence electrons. The van der Waals surface area contributed by atoms with Gasteiger partial charge in [-0.1, -0.05) is 6.92 Å². The second-order valence-corrected chi connectivity index (χ2v) is 2.83. The third kappa shape index (κ3) is 3.42. The molecule has 0 radical (unpaired) electrons. The molecule has 0 heterocycles. The Morgan fingerprint density at radius 3 is 2.27 bits per heavy atom. The summed E-state index contributed by atoms with van der Waals surface area (Å²) >= 11 is 0. The summed E-state index contributed by atoms with van der Waals surface area (Å²) in [5.41, 5.74) is -0.180. The third-order valence-corrected chi connectivity index (χ3v) is 2.00. The van der Waals surface area contributed by atoms with Crippen LogP contribution in [-0.4, -0.2) is 19.8 Å². The van der Waals surface area contributed by atoms with Gasteiger partial charge < -0.3 is 9.47 Å². The monoisotopic (exact) mass is 158 g/mol. The highest BCUT2D eigenvalue weighted by molar-refractivity contribution is 5.02. The van der Waals surface area contributed by atoms with Crippen LogP contribution < -0.4 is 0 Å². The van der Waals surface area contributed by atoms with Crippen molar-refractivity contribution in [1.29, 1.82) is 0 Å². The number of hydrogen-bond donors (Lipinski definition) is 0. The zero-order valence-corrected chi connectivity index (χ0v) is 8.10. The maximum atomic E-state index is 5.30. The standard InChI is InChI=1S/C9H18O2/c1-6-9(3,11-5)7-8(2)10-4/h7H,6H2,1-5H3. The first-order valence-corrected chi connectivity index (χ1v) is 3.86. The van der Waals surface area contributed by atoms with E-state index in [4.69, 9.17) is 9.47 Å². The molecule has 0 aromatic carbocycles. The fourth-order valence-corrected chi connectivity index (χ4v) is 0.794. The van der Waals surface area contributed by atoms with E-state index in [9.17, 15) is 0 Å². The quantitative estimate of drug-likeness (QED) is 0.585. The van der Waals surface area contributed by atoms with E-state index in [1.807, 2.05) is 19.9 Å². The first-order chi connectivity index (χ1) is 5.08. The Morgan fingerprint density at radius 1 is 1.45 bits per heavy atom. The third-order valence-electron chi connectivity index (χ3n) is 2.00. The Balaban J connectivity index is 4.27. The summed E-state index contributed by atoms with van der Waals surface area (Å²) < 4.78 is 10.3. The van der Waals surface area contributed by atoms with Gasteiger partial charge in [-0.05, 0) is 26.3 Å². The second-order valence-electron chi connectivity index (χ2n) is 2.83. The van der Waals surface area contributed by atoms with Gasteiger partial charge in [0.15, 0.2) is 0 Å². The largest absolute Gasteiger partial charge is 0.502 e. The SMILES string of the molecule is CCC(C)(C=C(C)OC)OC. The van der Waals surface area contributed by atoms with Gasteiger partial charge in [-0.2, -0.15) is 0 Å². The molecule has 0 bridgehead atoms. The molecule has 11 heavy (non-hydrogen) atoms. The van der Waals surface area contributed by atoms with Gasteiger partial charge in [0.25, 0.3) is 0 Å². The Kier molecular flexibility index (Phi) is 4.19. The Morgan fingerprint density at radius 2 is 2.00 bits per heavy atom. The minimum Gasteiger partial charge on any atom is -0.502 e. The molecule has 0 N–H and O–H groups in total. The van der Waals surface area contributed by atoms with Crippen LogP contribution in [0.3, 0.4) is 0 Å². The van der Waals surface area contributed by atoms with Crippen molar-refractivity contribution in [2.24, 2.45) is 0 Å². The van der Waals surface area contributed by atoms with Crippen LogP contribution in [0.5, 0.6) is 0 Å². The zero-order chi connectivity index (χ0) is 8.91. The molecule has 0 aliphatic heterocycles. The van der Waals surface area contributed by atoms with Crippen molar-refractivity contribution >= 4 is 0 Å². The lowest BCUT2D eigenvalue weighted by Gasteiger charge is -2.22. The molecular weight excluding hydrogens is 140 g/mol. The van der Waals surface area contributed by atoms with Gasteiger partial charge in [0.1, 0.15) is 0 Å². The van der Waals surface area contributed by atoms with Crippen LogP contribution >= 0.6 is 0 Å². The van der Waals surface area contributed by atoms with Gasteiger partial charge in [0.2, 0.25) is 0 Å². The maximum absolute atomic E-state index is 5.30. The Bertz CT molecular complexity index is 134. The topological polar surface area (TPSA) is 18.5 Å². The molecule has 0 aromatic heterocycles. The molecule has 0 aliphatic rings. The molecule has 0 amide bonds. The first-order valence-electron chi connectivity index (χ1n) is 3.86. The minimum absolute atomic E-state index is 0.180. The second kappa shape index (κ2) is 4.39. The van der Waals surface area contributed by atoms with Gasteiger partial charge in [-0.25, -0.2) is 0 Å². The van der Waals surface area contributed by atoms with Crippen molar-refractivity contribution in [3.05, 3.63) is 11.8 Å². The molecule has 2 heteroatoms. The summed E-state index contributed by atoms with van der Waals surface area (Å²) in [7, 11) is 3.38. The molecule has 2 nitrogen and oxygen atoms in total. The summed E-state index contributed by atoms with van der Waals surface area (Å²) in [5, 5.41) is 0.